The standard InChI is InChI=1S/C33H35N3O5S/c1-25-11-10-14-27(21-25)23-35(31(33(38)34-2)22-26-12-6-4-7-13-26)32(37)24-36(42(3,39)40)28-17-19-30(20-18-28)41-29-15-8-5-9-16-29/h4-21,31H,22-24H2,1-3H3,(H,34,38)/t31-/m0/s1. The second-order valence-corrected chi connectivity index (χ2v) is 11.9. The molecule has 2 amide bonds. The second kappa shape index (κ2) is 13.8. The number of sulfonamides is 1. The molecular formula is C33H35N3O5S. The Bertz CT molecular complexity index is 1590. The van der Waals surface area contributed by atoms with Gasteiger partial charge in [-0.2, -0.15) is 0 Å². The minimum atomic E-state index is -3.86. The van der Waals surface area contributed by atoms with Crippen molar-refractivity contribution in [3.05, 3.63) is 126 Å². The summed E-state index contributed by atoms with van der Waals surface area (Å²) in [6.45, 7) is 1.60. The Labute approximate surface area is 247 Å². The van der Waals surface area contributed by atoms with Gasteiger partial charge in [-0.05, 0) is 54.4 Å². The highest BCUT2D eigenvalue weighted by molar-refractivity contribution is 7.92. The van der Waals surface area contributed by atoms with Crippen LogP contribution in [0, 0.1) is 6.92 Å². The van der Waals surface area contributed by atoms with Gasteiger partial charge in [0.1, 0.15) is 24.1 Å². The molecular weight excluding hydrogens is 550 g/mol. The maximum atomic E-state index is 14.0. The molecule has 1 atom stereocenters. The van der Waals surface area contributed by atoms with Crippen molar-refractivity contribution in [1.29, 1.82) is 0 Å². The van der Waals surface area contributed by atoms with Crippen molar-refractivity contribution in [3.8, 4) is 11.5 Å². The van der Waals surface area contributed by atoms with Gasteiger partial charge in [-0.15, -0.1) is 0 Å². The number of benzene rings is 4. The van der Waals surface area contributed by atoms with Gasteiger partial charge in [0.15, 0.2) is 0 Å². The van der Waals surface area contributed by atoms with Gasteiger partial charge in [0.2, 0.25) is 21.8 Å². The Morgan fingerprint density at radius 2 is 1.40 bits per heavy atom. The number of amides is 2. The molecule has 0 aliphatic carbocycles. The Hall–Kier alpha value is -4.63. The number of carbonyl (C=O) groups is 2. The maximum absolute atomic E-state index is 14.0. The number of nitrogens with zero attached hydrogens (tertiary/aromatic N) is 2. The van der Waals surface area contributed by atoms with Gasteiger partial charge in [-0.25, -0.2) is 8.42 Å². The monoisotopic (exact) mass is 585 g/mol. The summed E-state index contributed by atoms with van der Waals surface area (Å²) in [6.07, 6.45) is 1.32. The molecule has 0 saturated heterocycles. The van der Waals surface area contributed by atoms with Gasteiger partial charge in [-0.1, -0.05) is 78.4 Å². The number of likely N-dealkylation sites (N-methyl/N-ethyl adjacent to an activating group) is 1. The van der Waals surface area contributed by atoms with Crippen molar-refractivity contribution in [3.63, 3.8) is 0 Å². The van der Waals surface area contributed by atoms with Gasteiger partial charge in [-0.3, -0.25) is 13.9 Å². The summed E-state index contributed by atoms with van der Waals surface area (Å²) < 4.78 is 32.8. The summed E-state index contributed by atoms with van der Waals surface area (Å²) in [7, 11) is -2.34. The lowest BCUT2D eigenvalue weighted by Gasteiger charge is -2.33. The van der Waals surface area contributed by atoms with E-state index in [2.05, 4.69) is 5.32 Å². The molecule has 4 aromatic rings. The van der Waals surface area contributed by atoms with Crippen LogP contribution in [0.4, 0.5) is 5.69 Å². The van der Waals surface area contributed by atoms with Crippen LogP contribution in [0.25, 0.3) is 0 Å². The minimum absolute atomic E-state index is 0.132. The van der Waals surface area contributed by atoms with Crippen LogP contribution < -0.4 is 14.4 Å². The number of carbonyl (C=O) groups excluding carboxylic acids is 2. The van der Waals surface area contributed by atoms with Crippen molar-refractivity contribution in [1.82, 2.24) is 10.2 Å². The number of hydrogen-bond acceptors (Lipinski definition) is 5. The molecule has 218 valence electrons. The highest BCUT2D eigenvalue weighted by Gasteiger charge is 2.32. The molecule has 1 N–H and O–H groups in total. The molecule has 0 saturated carbocycles. The van der Waals surface area contributed by atoms with Gasteiger partial charge < -0.3 is 15.0 Å². The van der Waals surface area contributed by atoms with Crippen molar-refractivity contribution < 1.29 is 22.7 Å². The lowest BCUT2D eigenvalue weighted by molar-refractivity contribution is -0.139. The molecule has 4 aromatic carbocycles. The minimum Gasteiger partial charge on any atom is -0.457 e. The van der Waals surface area contributed by atoms with Crippen molar-refractivity contribution in [2.45, 2.75) is 25.9 Å². The van der Waals surface area contributed by atoms with E-state index in [1.54, 1.807) is 24.3 Å². The Balaban J connectivity index is 1.65. The quantitative estimate of drug-likeness (QED) is 0.254. The topological polar surface area (TPSA) is 96.0 Å². The first-order valence-corrected chi connectivity index (χ1v) is 15.4. The molecule has 0 aliphatic heterocycles. The van der Waals surface area contributed by atoms with Crippen LogP contribution in [0.2, 0.25) is 0 Å². The molecule has 0 radical (unpaired) electrons. The summed E-state index contributed by atoms with van der Waals surface area (Å²) >= 11 is 0. The number of rotatable bonds is 12. The SMILES string of the molecule is CNC(=O)[C@H](Cc1ccccc1)N(Cc1cccc(C)c1)C(=O)CN(c1ccc(Oc2ccccc2)cc1)S(C)(=O)=O. The van der Waals surface area contributed by atoms with Crippen molar-refractivity contribution in [2.75, 3.05) is 24.2 Å². The summed E-state index contributed by atoms with van der Waals surface area (Å²) in [5.41, 5.74) is 3.03. The zero-order valence-electron chi connectivity index (χ0n) is 23.9. The molecule has 0 heterocycles. The van der Waals surface area contributed by atoms with E-state index in [4.69, 9.17) is 4.74 Å². The van der Waals surface area contributed by atoms with Crippen LogP contribution in [0.15, 0.2) is 109 Å². The second-order valence-electron chi connectivity index (χ2n) is 10.0. The third-order valence-electron chi connectivity index (χ3n) is 6.74. The third-order valence-corrected chi connectivity index (χ3v) is 7.88. The fraction of sp³-hybridized carbons (Fsp3) is 0.212. The summed E-state index contributed by atoms with van der Waals surface area (Å²) in [6, 6.07) is 31.9. The van der Waals surface area contributed by atoms with Crippen LogP contribution >= 0.6 is 0 Å². The van der Waals surface area contributed by atoms with E-state index in [1.807, 2.05) is 91.9 Å². The highest BCUT2D eigenvalue weighted by Crippen LogP contribution is 2.26. The maximum Gasteiger partial charge on any atom is 0.244 e. The van der Waals surface area contributed by atoms with E-state index in [0.29, 0.717) is 17.2 Å². The average Bonchev–Trinajstić information content (AvgIpc) is 2.98. The number of aryl methyl sites for hydroxylation is 1. The predicted octanol–water partition coefficient (Wildman–Crippen LogP) is 4.94. The largest absolute Gasteiger partial charge is 0.457 e. The summed E-state index contributed by atoms with van der Waals surface area (Å²) in [4.78, 5) is 28.7. The number of hydrogen-bond donors (Lipinski definition) is 1. The summed E-state index contributed by atoms with van der Waals surface area (Å²) in [5, 5.41) is 2.68. The van der Waals surface area contributed by atoms with E-state index < -0.39 is 28.5 Å². The zero-order valence-corrected chi connectivity index (χ0v) is 24.8. The molecule has 4 rings (SSSR count). The fourth-order valence-corrected chi connectivity index (χ4v) is 5.50. The molecule has 0 aromatic heterocycles. The van der Waals surface area contributed by atoms with E-state index in [-0.39, 0.29) is 18.9 Å². The van der Waals surface area contributed by atoms with E-state index in [9.17, 15) is 18.0 Å². The molecule has 0 fully saturated rings. The first-order valence-electron chi connectivity index (χ1n) is 13.6. The van der Waals surface area contributed by atoms with E-state index in [0.717, 1.165) is 27.3 Å². The number of ether oxygens (including phenoxy) is 1. The molecule has 0 aliphatic rings. The van der Waals surface area contributed by atoms with Crippen LogP contribution in [0.1, 0.15) is 16.7 Å². The van der Waals surface area contributed by atoms with Crippen LogP contribution in [0.3, 0.4) is 0 Å². The molecule has 9 heteroatoms. The molecule has 0 spiro atoms. The predicted molar refractivity (Wildman–Crippen MR) is 165 cm³/mol. The van der Waals surface area contributed by atoms with Crippen molar-refractivity contribution in [2.24, 2.45) is 0 Å². The van der Waals surface area contributed by atoms with Gasteiger partial charge >= 0.3 is 0 Å². The van der Waals surface area contributed by atoms with Crippen LogP contribution in [-0.4, -0.2) is 51.0 Å². The fourth-order valence-electron chi connectivity index (χ4n) is 4.65. The third kappa shape index (κ3) is 8.20. The van der Waals surface area contributed by atoms with Crippen LogP contribution in [-0.2, 0) is 32.6 Å². The average molecular weight is 586 g/mol. The van der Waals surface area contributed by atoms with Gasteiger partial charge in [0.05, 0.1) is 11.9 Å². The van der Waals surface area contributed by atoms with Gasteiger partial charge in [0, 0.05) is 20.0 Å². The number of para-hydroxylation sites is 1. The molecule has 0 bridgehead atoms. The molecule has 42 heavy (non-hydrogen) atoms. The highest BCUT2D eigenvalue weighted by atomic mass is 32.2. The van der Waals surface area contributed by atoms with Crippen LogP contribution in [0.5, 0.6) is 11.5 Å². The Morgan fingerprint density at radius 1 is 0.810 bits per heavy atom. The molecule has 8 nitrogen and oxygen atoms in total. The van der Waals surface area contributed by atoms with E-state index in [1.165, 1.54) is 11.9 Å². The Kier molecular flexibility index (Phi) is 9.98. The smallest absolute Gasteiger partial charge is 0.244 e. The number of anilines is 1. The first-order chi connectivity index (χ1) is 20.1. The normalized spacial score (nSPS) is 11.8. The summed E-state index contributed by atoms with van der Waals surface area (Å²) in [5.74, 6) is 0.323. The number of nitrogens with one attached hydrogen (secondary N) is 1. The first kappa shape index (κ1) is 30.3. The lowest BCUT2D eigenvalue weighted by atomic mass is 10.0. The van der Waals surface area contributed by atoms with E-state index >= 15 is 0 Å². The zero-order chi connectivity index (χ0) is 30.1. The Morgan fingerprint density at radius 3 is 2.00 bits per heavy atom. The molecule has 0 unspecified atom stereocenters. The van der Waals surface area contributed by atoms with Gasteiger partial charge in [0.25, 0.3) is 0 Å². The lowest BCUT2D eigenvalue weighted by Crippen LogP contribution is -2.52. The van der Waals surface area contributed by atoms with Crippen molar-refractivity contribution >= 4 is 27.5 Å².